The van der Waals surface area contributed by atoms with E-state index in [4.69, 9.17) is 16.3 Å². The van der Waals surface area contributed by atoms with E-state index in [2.05, 4.69) is 9.97 Å². The second-order valence-corrected chi connectivity index (χ2v) is 3.48. The first-order chi connectivity index (χ1) is 7.08. The highest BCUT2D eigenvalue weighted by Crippen LogP contribution is 2.06. The Kier molecular flexibility index (Phi) is 4.24. The number of ether oxygens (including phenoxy) is 1. The number of allylic oxidation sites excluding steroid dienone is 1. The normalized spacial score (nSPS) is 10.9. The van der Waals surface area contributed by atoms with Gasteiger partial charge in [0.1, 0.15) is 0 Å². The Hall–Kier alpha value is -1.42. The van der Waals surface area contributed by atoms with Crippen LogP contribution in [-0.4, -0.2) is 21.3 Å². The maximum absolute atomic E-state index is 10.4. The largest absolute Gasteiger partial charge is 0.461 e. The first-order valence-electron chi connectivity index (χ1n) is 4.44. The van der Waals surface area contributed by atoms with E-state index in [1.165, 1.54) is 12.2 Å². The summed E-state index contributed by atoms with van der Waals surface area (Å²) in [5.41, 5.74) is 0.695. The minimum Gasteiger partial charge on any atom is -0.461 e. The molecule has 0 fully saturated rings. The molecule has 0 atom stereocenters. The molecule has 0 radical (unpaired) electrons. The molecule has 0 aliphatic heterocycles. The fourth-order valence-electron chi connectivity index (χ4n) is 0.846. The fraction of sp³-hybridized carbons (Fsp3) is 0.300. The van der Waals surface area contributed by atoms with Gasteiger partial charge in [0.15, 0.2) is 0 Å². The zero-order valence-corrected chi connectivity index (χ0v) is 9.23. The number of halogens is 1. The van der Waals surface area contributed by atoms with Crippen molar-refractivity contribution in [1.29, 1.82) is 0 Å². The van der Waals surface area contributed by atoms with Gasteiger partial charge in [-0.05, 0) is 37.6 Å². The van der Waals surface area contributed by atoms with Gasteiger partial charge >= 0.3 is 6.01 Å². The van der Waals surface area contributed by atoms with Gasteiger partial charge in [-0.2, -0.15) is 0 Å². The standard InChI is InChI=1S/C10H11ClN2O2/c1-7(2)15-10-12-5-8(6-13-10)3-4-9(11)14/h3-7H,1-2H3/b4-3+. The summed E-state index contributed by atoms with van der Waals surface area (Å²) in [5, 5.41) is -0.530. The highest BCUT2D eigenvalue weighted by molar-refractivity contribution is 6.66. The number of hydrogen-bond acceptors (Lipinski definition) is 4. The molecule has 0 amide bonds. The zero-order chi connectivity index (χ0) is 11.3. The van der Waals surface area contributed by atoms with Crippen LogP contribution in [0.25, 0.3) is 6.08 Å². The molecule has 0 spiro atoms. The summed E-state index contributed by atoms with van der Waals surface area (Å²) in [5.74, 6) is 0. The Balaban J connectivity index is 2.68. The molecule has 5 heteroatoms. The predicted molar refractivity (Wildman–Crippen MR) is 57.7 cm³/mol. The van der Waals surface area contributed by atoms with Crippen LogP contribution in [-0.2, 0) is 4.79 Å². The zero-order valence-electron chi connectivity index (χ0n) is 8.48. The van der Waals surface area contributed by atoms with Crippen molar-refractivity contribution in [3.63, 3.8) is 0 Å². The second kappa shape index (κ2) is 5.46. The summed E-state index contributed by atoms with van der Waals surface area (Å²) in [6, 6.07) is 0.319. The number of aromatic nitrogens is 2. The van der Waals surface area contributed by atoms with Crippen molar-refractivity contribution in [2.75, 3.05) is 0 Å². The summed E-state index contributed by atoms with van der Waals surface area (Å²) < 4.78 is 5.26. The molecule has 0 saturated carbocycles. The van der Waals surface area contributed by atoms with Gasteiger partial charge in [0, 0.05) is 18.0 Å². The second-order valence-electron chi connectivity index (χ2n) is 3.10. The van der Waals surface area contributed by atoms with Gasteiger partial charge < -0.3 is 4.74 Å². The molecular formula is C10H11ClN2O2. The third-order valence-electron chi connectivity index (χ3n) is 1.40. The van der Waals surface area contributed by atoms with Crippen LogP contribution in [0.1, 0.15) is 19.4 Å². The molecule has 1 aromatic heterocycles. The molecule has 0 aliphatic carbocycles. The average Bonchev–Trinajstić information content (AvgIpc) is 2.16. The van der Waals surface area contributed by atoms with E-state index in [1.54, 1.807) is 12.4 Å². The van der Waals surface area contributed by atoms with Crippen LogP contribution in [0.5, 0.6) is 6.01 Å². The Morgan fingerprint density at radius 3 is 2.53 bits per heavy atom. The average molecular weight is 227 g/mol. The minimum atomic E-state index is -0.530. The Bertz CT molecular complexity index is 360. The maximum Gasteiger partial charge on any atom is 0.316 e. The van der Waals surface area contributed by atoms with Crippen molar-refractivity contribution in [1.82, 2.24) is 9.97 Å². The topological polar surface area (TPSA) is 52.1 Å². The van der Waals surface area contributed by atoms with Crippen molar-refractivity contribution in [3.05, 3.63) is 24.0 Å². The summed E-state index contributed by atoms with van der Waals surface area (Å²) in [6.45, 7) is 3.78. The van der Waals surface area contributed by atoms with E-state index >= 15 is 0 Å². The number of rotatable bonds is 4. The molecule has 0 aliphatic rings. The van der Waals surface area contributed by atoms with E-state index < -0.39 is 5.24 Å². The van der Waals surface area contributed by atoms with Gasteiger partial charge in [-0.3, -0.25) is 4.79 Å². The van der Waals surface area contributed by atoms with Crippen molar-refractivity contribution < 1.29 is 9.53 Å². The van der Waals surface area contributed by atoms with Gasteiger partial charge in [-0.25, -0.2) is 9.97 Å². The molecular weight excluding hydrogens is 216 g/mol. The lowest BCUT2D eigenvalue weighted by Gasteiger charge is -2.06. The van der Waals surface area contributed by atoms with E-state index in [0.717, 1.165) is 0 Å². The molecule has 4 nitrogen and oxygen atoms in total. The quantitative estimate of drug-likeness (QED) is 0.582. The van der Waals surface area contributed by atoms with Crippen molar-refractivity contribution >= 4 is 22.9 Å². The van der Waals surface area contributed by atoms with Crippen LogP contribution < -0.4 is 4.74 Å². The van der Waals surface area contributed by atoms with E-state index in [9.17, 15) is 4.79 Å². The Morgan fingerprint density at radius 2 is 2.07 bits per heavy atom. The van der Waals surface area contributed by atoms with Crippen molar-refractivity contribution in [3.8, 4) is 6.01 Å². The van der Waals surface area contributed by atoms with Crippen LogP contribution in [0.2, 0.25) is 0 Å². The molecule has 1 rings (SSSR count). The highest BCUT2D eigenvalue weighted by Gasteiger charge is 1.99. The van der Waals surface area contributed by atoms with E-state index in [0.29, 0.717) is 11.6 Å². The van der Waals surface area contributed by atoms with Crippen LogP contribution in [0.3, 0.4) is 0 Å². The molecule has 0 unspecified atom stereocenters. The van der Waals surface area contributed by atoms with Gasteiger partial charge in [0.05, 0.1) is 6.10 Å². The Labute approximate surface area is 92.9 Å². The first-order valence-corrected chi connectivity index (χ1v) is 4.82. The molecule has 0 N–H and O–H groups in total. The number of hydrogen-bond donors (Lipinski definition) is 0. The minimum absolute atomic E-state index is 0.0378. The third-order valence-corrected chi connectivity index (χ3v) is 1.52. The number of nitrogens with zero attached hydrogens (tertiary/aromatic N) is 2. The van der Waals surface area contributed by atoms with Crippen molar-refractivity contribution in [2.45, 2.75) is 20.0 Å². The number of carbonyl (C=O) groups is 1. The number of carbonyl (C=O) groups excluding carboxylic acids is 1. The van der Waals surface area contributed by atoms with E-state index in [-0.39, 0.29) is 6.10 Å². The molecule has 1 heterocycles. The van der Waals surface area contributed by atoms with Crippen molar-refractivity contribution in [2.24, 2.45) is 0 Å². The lowest BCUT2D eigenvalue weighted by Crippen LogP contribution is -2.08. The van der Waals surface area contributed by atoms with Gasteiger partial charge in [0.25, 0.3) is 0 Å². The Morgan fingerprint density at radius 1 is 1.47 bits per heavy atom. The van der Waals surface area contributed by atoms with Gasteiger partial charge in [0.2, 0.25) is 5.24 Å². The predicted octanol–water partition coefficient (Wildman–Crippen LogP) is 2.04. The first kappa shape index (κ1) is 11.7. The molecule has 80 valence electrons. The lowest BCUT2D eigenvalue weighted by molar-refractivity contribution is -0.107. The van der Waals surface area contributed by atoms with Crippen LogP contribution in [0, 0.1) is 0 Å². The molecule has 1 aromatic rings. The van der Waals surface area contributed by atoms with Crippen LogP contribution >= 0.6 is 11.6 Å². The summed E-state index contributed by atoms with van der Waals surface area (Å²) in [6.07, 6.45) is 5.93. The lowest BCUT2D eigenvalue weighted by atomic mass is 10.3. The third kappa shape index (κ3) is 4.56. The van der Waals surface area contributed by atoms with Gasteiger partial charge in [-0.1, -0.05) is 0 Å². The molecule has 0 saturated heterocycles. The monoisotopic (exact) mass is 226 g/mol. The molecule has 15 heavy (non-hydrogen) atoms. The van der Waals surface area contributed by atoms with Crippen LogP contribution in [0.15, 0.2) is 18.5 Å². The highest BCUT2D eigenvalue weighted by atomic mass is 35.5. The fourth-order valence-corrected chi connectivity index (χ4v) is 0.909. The van der Waals surface area contributed by atoms with Gasteiger partial charge in [-0.15, -0.1) is 0 Å². The van der Waals surface area contributed by atoms with Crippen LogP contribution in [0.4, 0.5) is 0 Å². The summed E-state index contributed by atoms with van der Waals surface area (Å²) in [4.78, 5) is 18.4. The molecule has 0 aromatic carbocycles. The maximum atomic E-state index is 10.4. The smallest absolute Gasteiger partial charge is 0.316 e. The SMILES string of the molecule is CC(C)Oc1ncc(/C=C/C(=O)Cl)cn1. The summed E-state index contributed by atoms with van der Waals surface area (Å²) >= 11 is 5.14. The van der Waals surface area contributed by atoms with E-state index in [1.807, 2.05) is 13.8 Å². The molecule has 0 bridgehead atoms. The summed E-state index contributed by atoms with van der Waals surface area (Å²) in [7, 11) is 0.